The van der Waals surface area contributed by atoms with Crippen molar-refractivity contribution in [3.05, 3.63) is 161 Å². The molecule has 0 aliphatic carbocycles. The number of hydrogen-bond acceptors (Lipinski definition) is 3. The van der Waals surface area contributed by atoms with Gasteiger partial charge in [0.25, 0.3) is 0 Å². The van der Waals surface area contributed by atoms with Crippen molar-refractivity contribution in [2.45, 2.75) is 85.5 Å². The van der Waals surface area contributed by atoms with Gasteiger partial charge in [-0.05, 0) is 81.6 Å². The molecule has 0 bridgehead atoms. The van der Waals surface area contributed by atoms with Crippen molar-refractivity contribution in [2.75, 3.05) is 9.80 Å². The van der Waals surface area contributed by atoms with Crippen LogP contribution in [0.1, 0.15) is 103 Å². The molecule has 0 radical (unpaired) electrons. The van der Waals surface area contributed by atoms with Crippen LogP contribution in [0.25, 0.3) is 0 Å². The maximum Gasteiger partial charge on any atom is 0.137 e. The topological polar surface area (TPSA) is 35.2 Å². The number of nitrogens with one attached hydrogen (secondary N) is 1. The Labute approximate surface area is 310 Å². The van der Waals surface area contributed by atoms with Gasteiger partial charge in [-0.25, -0.2) is 4.98 Å². The second-order valence-electron chi connectivity index (χ2n) is 17.9. The molecule has 0 saturated heterocycles. The lowest BCUT2D eigenvalue weighted by atomic mass is 9.49. The summed E-state index contributed by atoms with van der Waals surface area (Å²) in [5, 5.41) is 0. The first-order valence-electron chi connectivity index (χ1n) is 18.7. The third-order valence-corrected chi connectivity index (χ3v) is 12.2. The molecule has 8 rings (SSSR count). The number of rotatable bonds is 4. The molecular weight excluding hydrogens is 633 g/mol. The van der Waals surface area contributed by atoms with Gasteiger partial charge in [-0.15, -0.1) is 0 Å². The van der Waals surface area contributed by atoms with E-state index in [1.165, 1.54) is 44.9 Å². The van der Waals surface area contributed by atoms with Gasteiger partial charge in [-0.3, -0.25) is 9.80 Å². The second kappa shape index (κ2) is 11.5. The number of pyridine rings is 1. The smallest absolute Gasteiger partial charge is 0.137 e. The number of hydrogen-bond donors (Lipinski definition) is 1. The molecule has 4 aromatic carbocycles. The Morgan fingerprint density at radius 1 is 0.519 bits per heavy atom. The van der Waals surface area contributed by atoms with Gasteiger partial charge in [0, 0.05) is 33.7 Å². The number of para-hydroxylation sites is 3. The van der Waals surface area contributed by atoms with Crippen LogP contribution in [0.3, 0.4) is 0 Å². The Morgan fingerprint density at radius 2 is 1.02 bits per heavy atom. The predicted molar refractivity (Wildman–Crippen MR) is 218 cm³/mol. The van der Waals surface area contributed by atoms with Gasteiger partial charge in [0.2, 0.25) is 0 Å². The summed E-state index contributed by atoms with van der Waals surface area (Å²) in [5.74, 6) is 2.06. The number of aromatic amines is 1. The molecule has 264 valence electrons. The Hall–Kier alpha value is -5.09. The van der Waals surface area contributed by atoms with Crippen molar-refractivity contribution in [1.82, 2.24) is 9.97 Å². The molecule has 0 unspecified atom stereocenters. The van der Waals surface area contributed by atoms with Crippen LogP contribution < -0.4 is 9.80 Å². The fourth-order valence-corrected chi connectivity index (χ4v) is 10.2. The average molecular weight is 685 g/mol. The van der Waals surface area contributed by atoms with Crippen LogP contribution in [-0.2, 0) is 16.2 Å². The van der Waals surface area contributed by atoms with Crippen LogP contribution >= 0.6 is 0 Å². The number of H-pyrrole nitrogens is 1. The zero-order valence-electron chi connectivity index (χ0n) is 32.5. The molecule has 2 aliphatic heterocycles. The minimum absolute atomic E-state index is 0.119. The molecule has 0 atom stereocenters. The first kappa shape index (κ1) is 34.0. The Balaban J connectivity index is 1.35. The molecule has 2 aliphatic rings. The van der Waals surface area contributed by atoms with Gasteiger partial charge in [0.15, 0.2) is 0 Å². The van der Waals surface area contributed by atoms with Gasteiger partial charge in [-0.1, -0.05) is 142 Å². The van der Waals surface area contributed by atoms with Gasteiger partial charge < -0.3 is 4.98 Å². The first-order chi connectivity index (χ1) is 24.6. The summed E-state index contributed by atoms with van der Waals surface area (Å²) in [6.07, 6.45) is 2.08. The molecule has 4 heteroatoms. The minimum atomic E-state index is -0.479. The molecule has 0 saturated carbocycles. The van der Waals surface area contributed by atoms with Gasteiger partial charge in [0.05, 0.1) is 22.8 Å². The Bertz CT molecular complexity index is 2240. The average Bonchev–Trinajstić information content (AvgIpc) is 3.59. The lowest BCUT2D eigenvalue weighted by Crippen LogP contribution is -2.52. The first-order valence-corrected chi connectivity index (χ1v) is 18.7. The van der Waals surface area contributed by atoms with Crippen LogP contribution in [-0.4, -0.2) is 9.97 Å². The fourth-order valence-electron chi connectivity index (χ4n) is 10.2. The Morgan fingerprint density at radius 3 is 1.58 bits per heavy atom. The van der Waals surface area contributed by atoms with E-state index < -0.39 is 5.41 Å². The summed E-state index contributed by atoms with van der Waals surface area (Å²) in [5.41, 5.74) is 11.1. The lowest BCUT2D eigenvalue weighted by molar-refractivity contribution is 0.0867. The van der Waals surface area contributed by atoms with E-state index in [4.69, 9.17) is 4.98 Å². The van der Waals surface area contributed by atoms with Crippen LogP contribution in [0.4, 0.5) is 34.4 Å². The highest BCUT2D eigenvalue weighted by Gasteiger charge is 2.54. The van der Waals surface area contributed by atoms with Crippen LogP contribution in [0.15, 0.2) is 128 Å². The number of nitrogens with zero attached hydrogens (tertiary/aromatic N) is 3. The monoisotopic (exact) mass is 684 g/mol. The zero-order valence-corrected chi connectivity index (χ0v) is 32.5. The summed E-state index contributed by atoms with van der Waals surface area (Å²) >= 11 is 0. The fraction of sp³-hybridized carbons (Fsp3) is 0.312. The maximum atomic E-state index is 5.75. The summed E-state index contributed by atoms with van der Waals surface area (Å²) < 4.78 is 0. The van der Waals surface area contributed by atoms with E-state index in [2.05, 4.69) is 212 Å². The van der Waals surface area contributed by atoms with E-state index in [-0.39, 0.29) is 21.7 Å². The molecule has 4 nitrogen and oxygen atoms in total. The third kappa shape index (κ3) is 4.69. The van der Waals surface area contributed by atoms with Gasteiger partial charge in [-0.2, -0.15) is 0 Å². The van der Waals surface area contributed by atoms with Gasteiger partial charge >= 0.3 is 0 Å². The van der Waals surface area contributed by atoms with Gasteiger partial charge in [0.1, 0.15) is 11.6 Å². The molecular formula is C48H52N4. The minimum Gasteiger partial charge on any atom is -0.348 e. The molecule has 6 aromatic rings. The number of anilines is 6. The van der Waals surface area contributed by atoms with E-state index >= 15 is 0 Å². The van der Waals surface area contributed by atoms with Crippen LogP contribution in [0, 0.1) is 10.8 Å². The standard InChI is InChI=1S/C48H52N4/c1-44(2,3)48(45(4,5)6,32-19-17-20-33(31-32)51-38-24-14-11-21-34(38)47(9,10)37-29-30-49-43(37)51)41-27-18-28-42(50-41)52-39-25-15-12-22-35(39)46(7,8)36-23-13-16-26-40(36)52/h11-31,49H,1-10H3. The van der Waals surface area contributed by atoms with E-state index in [1.54, 1.807) is 0 Å². The summed E-state index contributed by atoms with van der Waals surface area (Å²) in [4.78, 5) is 14.2. The number of benzene rings is 4. The zero-order chi connectivity index (χ0) is 36.8. The maximum absolute atomic E-state index is 5.75. The highest BCUT2D eigenvalue weighted by Crippen LogP contribution is 2.59. The lowest BCUT2D eigenvalue weighted by Gasteiger charge is -2.54. The van der Waals surface area contributed by atoms with Crippen molar-refractivity contribution in [2.24, 2.45) is 10.8 Å². The van der Waals surface area contributed by atoms with Crippen molar-refractivity contribution >= 4 is 34.4 Å². The summed E-state index contributed by atoms with van der Waals surface area (Å²) in [6.45, 7) is 23.6. The summed E-state index contributed by atoms with van der Waals surface area (Å²) in [7, 11) is 0. The number of fused-ring (bicyclic) bond motifs is 4. The third-order valence-electron chi connectivity index (χ3n) is 12.2. The predicted octanol–water partition coefficient (Wildman–Crippen LogP) is 13.0. The molecule has 1 N–H and O–H groups in total. The van der Waals surface area contributed by atoms with E-state index in [1.807, 2.05) is 0 Å². The molecule has 0 spiro atoms. The van der Waals surface area contributed by atoms with Crippen LogP contribution in [0.5, 0.6) is 0 Å². The highest BCUT2D eigenvalue weighted by atomic mass is 15.2. The SMILES string of the molecule is CC1(C)c2ccccc2N(c2cccc(C(c3cccc(N4c5ccccc5C(C)(C)c5cc[nH]c54)c3)(C(C)(C)C)C(C)(C)C)n2)c2ccccc21. The summed E-state index contributed by atoms with van der Waals surface area (Å²) in [6, 6.07) is 44.7. The molecule has 0 amide bonds. The highest BCUT2D eigenvalue weighted by molar-refractivity contribution is 5.86. The number of aromatic nitrogens is 2. The van der Waals surface area contributed by atoms with E-state index in [0.29, 0.717) is 0 Å². The van der Waals surface area contributed by atoms with Crippen molar-refractivity contribution in [1.29, 1.82) is 0 Å². The molecule has 0 fully saturated rings. The largest absolute Gasteiger partial charge is 0.348 e. The van der Waals surface area contributed by atoms with E-state index in [0.717, 1.165) is 23.0 Å². The van der Waals surface area contributed by atoms with Crippen molar-refractivity contribution < 1.29 is 0 Å². The van der Waals surface area contributed by atoms with E-state index in [9.17, 15) is 0 Å². The Kier molecular flexibility index (Phi) is 7.49. The quantitative estimate of drug-likeness (QED) is 0.201. The molecule has 2 aromatic heterocycles. The normalized spacial score (nSPS) is 16.1. The van der Waals surface area contributed by atoms with Crippen molar-refractivity contribution in [3.8, 4) is 0 Å². The molecule has 52 heavy (non-hydrogen) atoms. The second-order valence-corrected chi connectivity index (χ2v) is 17.9. The van der Waals surface area contributed by atoms with Crippen LogP contribution in [0.2, 0.25) is 0 Å². The van der Waals surface area contributed by atoms with Crippen molar-refractivity contribution in [3.63, 3.8) is 0 Å². The molecule has 4 heterocycles.